The lowest BCUT2D eigenvalue weighted by molar-refractivity contribution is 0.266. The van der Waals surface area contributed by atoms with Crippen LogP contribution in [0, 0.1) is 11.8 Å². The Labute approximate surface area is 99.0 Å². The van der Waals surface area contributed by atoms with Crippen molar-refractivity contribution in [2.45, 2.75) is 6.92 Å². The Kier molecular flexibility index (Phi) is 3.24. The first kappa shape index (κ1) is 11.1. The van der Waals surface area contributed by atoms with Crippen LogP contribution in [-0.2, 0) is 0 Å². The van der Waals surface area contributed by atoms with Crippen molar-refractivity contribution in [1.82, 2.24) is 9.99 Å². The first-order valence-electron chi connectivity index (χ1n) is 5.16. The molecule has 1 aromatic rings. The highest BCUT2D eigenvalue weighted by Gasteiger charge is 2.19. The summed E-state index contributed by atoms with van der Waals surface area (Å²) in [5.41, 5.74) is 1.04. The topological polar surface area (TPSA) is 48.8 Å². The molecule has 1 saturated heterocycles. The molecular weight excluding hydrogens is 228 g/mol. The van der Waals surface area contributed by atoms with Crippen LogP contribution >= 0.6 is 11.6 Å². The van der Waals surface area contributed by atoms with Crippen molar-refractivity contribution in [1.29, 1.82) is 0 Å². The summed E-state index contributed by atoms with van der Waals surface area (Å²) in [6, 6.07) is 1.90. The fourth-order valence-corrected chi connectivity index (χ4v) is 2.09. The molecule has 0 amide bonds. The van der Waals surface area contributed by atoms with Crippen molar-refractivity contribution < 1.29 is 0 Å². The fraction of sp³-hybridized carbons (Fsp3) is 0.500. The molecule has 0 atom stereocenters. The predicted molar refractivity (Wildman–Crippen MR) is 63.6 cm³/mol. The molecule has 2 rings (SSSR count). The summed E-state index contributed by atoms with van der Waals surface area (Å²) in [6.07, 6.45) is 1.80. The zero-order chi connectivity index (χ0) is 11.5. The van der Waals surface area contributed by atoms with Crippen molar-refractivity contribution in [2.24, 2.45) is 5.29 Å². The molecule has 0 aromatic carbocycles. The smallest absolute Gasteiger partial charge is 0.147 e. The Morgan fingerprint density at radius 1 is 1.38 bits per heavy atom. The number of piperazine rings is 1. The molecule has 0 N–H and O–H groups in total. The van der Waals surface area contributed by atoms with Gasteiger partial charge in [-0.25, -0.2) is 4.98 Å². The van der Waals surface area contributed by atoms with E-state index in [4.69, 9.17) is 11.6 Å². The molecule has 2 heterocycles. The lowest BCUT2D eigenvalue weighted by Gasteiger charge is -2.32. The van der Waals surface area contributed by atoms with Gasteiger partial charge in [0.1, 0.15) is 5.82 Å². The lowest BCUT2D eigenvalue weighted by atomic mass is 10.3. The maximum Gasteiger partial charge on any atom is 0.147 e. The van der Waals surface area contributed by atoms with Crippen LogP contribution in [0.1, 0.15) is 5.56 Å². The largest absolute Gasteiger partial charge is 0.352 e. The molecule has 1 aliphatic heterocycles. The summed E-state index contributed by atoms with van der Waals surface area (Å²) in [5, 5.41) is 5.09. The molecule has 0 spiro atoms. The van der Waals surface area contributed by atoms with Crippen LogP contribution in [0.15, 0.2) is 17.5 Å². The van der Waals surface area contributed by atoms with Gasteiger partial charge in [-0.15, -0.1) is 4.91 Å². The third-order valence-corrected chi connectivity index (χ3v) is 2.91. The molecule has 6 heteroatoms. The van der Waals surface area contributed by atoms with E-state index < -0.39 is 0 Å². The Bertz CT molecular complexity index is 390. The highest BCUT2D eigenvalue weighted by molar-refractivity contribution is 6.33. The summed E-state index contributed by atoms with van der Waals surface area (Å²) in [4.78, 5) is 16.7. The van der Waals surface area contributed by atoms with E-state index in [1.165, 1.54) is 5.01 Å². The number of anilines is 1. The minimum Gasteiger partial charge on any atom is -0.352 e. The second-order valence-corrected chi connectivity index (χ2v) is 4.25. The standard InChI is InChI=1S/C10H13ClN4O/c1-8-6-9(11)10(12-7-8)14-2-4-15(13-16)5-3-14/h6-7H,2-5H2,1H3. The molecule has 0 unspecified atom stereocenters. The number of hydrogen-bond donors (Lipinski definition) is 0. The fourth-order valence-electron chi connectivity index (χ4n) is 1.75. The van der Waals surface area contributed by atoms with Gasteiger partial charge in [-0.2, -0.15) is 0 Å². The number of aromatic nitrogens is 1. The highest BCUT2D eigenvalue weighted by Crippen LogP contribution is 2.24. The summed E-state index contributed by atoms with van der Waals surface area (Å²) < 4.78 is 0. The van der Waals surface area contributed by atoms with Crippen LogP contribution in [0.4, 0.5) is 5.82 Å². The number of hydrogen-bond acceptors (Lipinski definition) is 4. The van der Waals surface area contributed by atoms with Gasteiger partial charge < -0.3 is 4.90 Å². The van der Waals surface area contributed by atoms with E-state index in [1.807, 2.05) is 13.0 Å². The Morgan fingerprint density at radius 3 is 2.62 bits per heavy atom. The summed E-state index contributed by atoms with van der Waals surface area (Å²) in [6.45, 7) is 4.64. The molecule has 0 radical (unpaired) electrons. The second-order valence-electron chi connectivity index (χ2n) is 3.84. The number of nitrogens with zero attached hydrogens (tertiary/aromatic N) is 4. The van der Waals surface area contributed by atoms with Crippen LogP contribution in [0.5, 0.6) is 0 Å². The second kappa shape index (κ2) is 4.65. The van der Waals surface area contributed by atoms with Crippen molar-refractivity contribution in [3.8, 4) is 0 Å². The van der Waals surface area contributed by atoms with Gasteiger partial charge in [0, 0.05) is 19.3 Å². The first-order chi connectivity index (χ1) is 7.70. The van der Waals surface area contributed by atoms with Gasteiger partial charge in [0.05, 0.1) is 23.4 Å². The van der Waals surface area contributed by atoms with Crippen molar-refractivity contribution in [3.05, 3.63) is 27.8 Å². The SMILES string of the molecule is Cc1cnc(N2CCN(N=O)CC2)c(Cl)c1. The van der Waals surface area contributed by atoms with Gasteiger partial charge in [0.25, 0.3) is 0 Å². The predicted octanol–water partition coefficient (Wildman–Crippen LogP) is 1.85. The first-order valence-corrected chi connectivity index (χ1v) is 5.54. The minimum absolute atomic E-state index is 0.620. The van der Waals surface area contributed by atoms with Crippen LogP contribution in [0.25, 0.3) is 0 Å². The van der Waals surface area contributed by atoms with Crippen LogP contribution in [-0.4, -0.2) is 36.2 Å². The molecule has 0 bridgehead atoms. The normalized spacial score (nSPS) is 16.4. The Morgan fingerprint density at radius 2 is 2.06 bits per heavy atom. The molecule has 0 saturated carbocycles. The number of nitroso groups, excluding NO2 is 1. The molecule has 86 valence electrons. The van der Waals surface area contributed by atoms with Crippen molar-refractivity contribution >= 4 is 17.4 Å². The van der Waals surface area contributed by atoms with E-state index in [-0.39, 0.29) is 0 Å². The van der Waals surface area contributed by atoms with E-state index >= 15 is 0 Å². The summed E-state index contributed by atoms with van der Waals surface area (Å²) in [5.74, 6) is 0.790. The summed E-state index contributed by atoms with van der Waals surface area (Å²) >= 11 is 6.13. The lowest BCUT2D eigenvalue weighted by Crippen LogP contribution is -2.44. The molecular formula is C10H13ClN4O. The average molecular weight is 241 g/mol. The Balaban J connectivity index is 2.11. The highest BCUT2D eigenvalue weighted by atomic mass is 35.5. The van der Waals surface area contributed by atoms with Crippen LogP contribution < -0.4 is 4.90 Å². The van der Waals surface area contributed by atoms with Crippen LogP contribution in [0.3, 0.4) is 0 Å². The molecule has 1 aliphatic rings. The quantitative estimate of drug-likeness (QED) is 0.741. The van der Waals surface area contributed by atoms with E-state index in [1.54, 1.807) is 6.20 Å². The van der Waals surface area contributed by atoms with Gasteiger partial charge in [-0.1, -0.05) is 11.6 Å². The van der Waals surface area contributed by atoms with Gasteiger partial charge >= 0.3 is 0 Å². The van der Waals surface area contributed by atoms with Gasteiger partial charge in [-0.05, 0) is 18.6 Å². The van der Waals surface area contributed by atoms with E-state index in [9.17, 15) is 4.91 Å². The Hall–Kier alpha value is -1.36. The van der Waals surface area contributed by atoms with E-state index in [2.05, 4.69) is 15.2 Å². The zero-order valence-corrected chi connectivity index (χ0v) is 9.81. The number of rotatable bonds is 2. The van der Waals surface area contributed by atoms with Gasteiger partial charge in [-0.3, -0.25) is 5.01 Å². The minimum atomic E-state index is 0.620. The van der Waals surface area contributed by atoms with E-state index in [0.717, 1.165) is 24.5 Å². The third-order valence-electron chi connectivity index (χ3n) is 2.63. The monoisotopic (exact) mass is 240 g/mol. The molecule has 5 nitrogen and oxygen atoms in total. The molecule has 0 aliphatic carbocycles. The van der Waals surface area contributed by atoms with Gasteiger partial charge in [0.15, 0.2) is 0 Å². The number of pyridine rings is 1. The van der Waals surface area contributed by atoms with Gasteiger partial charge in [0.2, 0.25) is 0 Å². The van der Waals surface area contributed by atoms with E-state index in [0.29, 0.717) is 18.1 Å². The number of halogens is 1. The molecule has 16 heavy (non-hydrogen) atoms. The number of aryl methyl sites for hydroxylation is 1. The maximum absolute atomic E-state index is 10.3. The summed E-state index contributed by atoms with van der Waals surface area (Å²) in [7, 11) is 0. The van der Waals surface area contributed by atoms with Crippen molar-refractivity contribution in [2.75, 3.05) is 31.1 Å². The third kappa shape index (κ3) is 2.24. The average Bonchev–Trinajstić information content (AvgIpc) is 2.29. The van der Waals surface area contributed by atoms with Crippen molar-refractivity contribution in [3.63, 3.8) is 0 Å². The van der Waals surface area contributed by atoms with Crippen LogP contribution in [0.2, 0.25) is 5.02 Å². The molecule has 1 fully saturated rings. The molecule has 1 aromatic heterocycles. The zero-order valence-electron chi connectivity index (χ0n) is 9.06. The maximum atomic E-state index is 10.3.